The Labute approximate surface area is 130 Å². The summed E-state index contributed by atoms with van der Waals surface area (Å²) in [5.74, 6) is -0.191. The number of nitro groups is 1. The minimum absolute atomic E-state index is 0.166. The number of nitro benzene ring substituents is 1. The van der Waals surface area contributed by atoms with Gasteiger partial charge < -0.3 is 14.5 Å². The Morgan fingerprint density at radius 2 is 2.22 bits per heavy atom. The van der Waals surface area contributed by atoms with Crippen LogP contribution in [0, 0.1) is 21.4 Å². The van der Waals surface area contributed by atoms with E-state index in [0.717, 1.165) is 0 Å². The maximum absolute atomic E-state index is 12.1. The molecule has 0 spiro atoms. The Kier molecular flexibility index (Phi) is 4.74. The maximum Gasteiger partial charge on any atom is 0.284 e. The number of carbonyl (C=O) groups is 1. The second kappa shape index (κ2) is 6.91. The topological polar surface area (TPSA) is 118 Å². The fourth-order valence-electron chi connectivity index (χ4n) is 1.71. The molecule has 0 atom stereocenters. The van der Waals surface area contributed by atoms with E-state index in [2.05, 4.69) is 5.32 Å². The standard InChI is InChI=1S/C15H11N3O5/c1-22-14-6-5-13(23-14)7-10(9-16)15(19)17-11-3-2-4-12(8-11)18(20)21/h2-8H,1H3,(H,17,19)/b10-7+. The Balaban J connectivity index is 2.19. The molecule has 0 fully saturated rings. The first-order chi connectivity index (χ1) is 11.0. The first-order valence-electron chi connectivity index (χ1n) is 6.35. The van der Waals surface area contributed by atoms with Crippen molar-refractivity contribution in [2.24, 2.45) is 0 Å². The molecular formula is C15H11N3O5. The highest BCUT2D eigenvalue weighted by Gasteiger charge is 2.13. The molecule has 8 heteroatoms. The number of benzene rings is 1. The van der Waals surface area contributed by atoms with Gasteiger partial charge >= 0.3 is 0 Å². The van der Waals surface area contributed by atoms with Gasteiger partial charge in [-0.2, -0.15) is 5.26 Å². The van der Waals surface area contributed by atoms with Crippen molar-refractivity contribution < 1.29 is 18.9 Å². The highest BCUT2D eigenvalue weighted by Crippen LogP contribution is 2.20. The number of nitrogens with one attached hydrogen (secondary N) is 1. The normalized spacial score (nSPS) is 10.7. The lowest BCUT2D eigenvalue weighted by atomic mass is 10.2. The summed E-state index contributed by atoms with van der Waals surface area (Å²) < 4.78 is 10.1. The summed E-state index contributed by atoms with van der Waals surface area (Å²) in [6, 6.07) is 10.2. The molecule has 0 radical (unpaired) electrons. The fourth-order valence-corrected chi connectivity index (χ4v) is 1.71. The number of rotatable bonds is 5. The summed E-state index contributed by atoms with van der Waals surface area (Å²) in [6.45, 7) is 0. The van der Waals surface area contributed by atoms with Crippen LogP contribution in [-0.2, 0) is 4.79 Å². The molecule has 23 heavy (non-hydrogen) atoms. The zero-order chi connectivity index (χ0) is 16.8. The van der Waals surface area contributed by atoms with E-state index in [1.807, 2.05) is 0 Å². The van der Waals surface area contributed by atoms with E-state index in [1.165, 1.54) is 43.5 Å². The van der Waals surface area contributed by atoms with Gasteiger partial charge in [-0.15, -0.1) is 0 Å². The summed E-state index contributed by atoms with van der Waals surface area (Å²) in [5.41, 5.74) is -0.169. The highest BCUT2D eigenvalue weighted by molar-refractivity contribution is 6.09. The zero-order valence-electron chi connectivity index (χ0n) is 12.0. The number of furan rings is 1. The molecule has 0 unspecified atom stereocenters. The molecule has 8 nitrogen and oxygen atoms in total. The number of anilines is 1. The molecule has 1 N–H and O–H groups in total. The molecule has 1 aromatic carbocycles. The van der Waals surface area contributed by atoms with Crippen LogP contribution in [0.5, 0.6) is 5.95 Å². The van der Waals surface area contributed by atoms with E-state index in [0.29, 0.717) is 0 Å². The molecule has 0 saturated carbocycles. The highest BCUT2D eigenvalue weighted by atomic mass is 16.6. The van der Waals surface area contributed by atoms with Crippen molar-refractivity contribution in [3.63, 3.8) is 0 Å². The summed E-state index contributed by atoms with van der Waals surface area (Å²) in [7, 11) is 1.42. The van der Waals surface area contributed by atoms with E-state index in [-0.39, 0.29) is 28.7 Å². The number of hydrogen-bond acceptors (Lipinski definition) is 6. The van der Waals surface area contributed by atoms with Gasteiger partial charge in [0, 0.05) is 30.0 Å². The first kappa shape index (κ1) is 15.8. The summed E-state index contributed by atoms with van der Waals surface area (Å²) >= 11 is 0. The van der Waals surface area contributed by atoms with Crippen molar-refractivity contribution in [1.82, 2.24) is 0 Å². The van der Waals surface area contributed by atoms with Crippen LogP contribution in [0.1, 0.15) is 5.76 Å². The molecule has 1 heterocycles. The molecule has 0 aliphatic rings. The summed E-state index contributed by atoms with van der Waals surface area (Å²) in [4.78, 5) is 22.2. The van der Waals surface area contributed by atoms with E-state index >= 15 is 0 Å². The Bertz CT molecular complexity index is 817. The Morgan fingerprint density at radius 1 is 1.43 bits per heavy atom. The second-order valence-electron chi connectivity index (χ2n) is 4.29. The van der Waals surface area contributed by atoms with Gasteiger partial charge in [-0.25, -0.2) is 0 Å². The summed E-state index contributed by atoms with van der Waals surface area (Å²) in [6.07, 6.45) is 1.25. The number of hydrogen-bond donors (Lipinski definition) is 1. The van der Waals surface area contributed by atoms with Crippen LogP contribution >= 0.6 is 0 Å². The van der Waals surface area contributed by atoms with Crippen molar-refractivity contribution in [3.8, 4) is 12.0 Å². The number of carbonyl (C=O) groups excluding carboxylic acids is 1. The molecule has 2 rings (SSSR count). The van der Waals surface area contributed by atoms with E-state index < -0.39 is 10.8 Å². The molecule has 2 aromatic rings. The van der Waals surface area contributed by atoms with Crippen LogP contribution in [0.4, 0.5) is 11.4 Å². The SMILES string of the molecule is COc1ccc(/C=C(\C#N)C(=O)Nc2cccc([N+](=O)[O-])c2)o1. The largest absolute Gasteiger partial charge is 0.468 e. The predicted molar refractivity (Wildman–Crippen MR) is 80.6 cm³/mol. The molecule has 0 aliphatic heterocycles. The van der Waals surface area contributed by atoms with Crippen LogP contribution in [0.3, 0.4) is 0 Å². The molecule has 116 valence electrons. The van der Waals surface area contributed by atoms with Crippen molar-refractivity contribution in [2.75, 3.05) is 12.4 Å². The van der Waals surface area contributed by atoms with Crippen molar-refractivity contribution in [2.45, 2.75) is 0 Å². The van der Waals surface area contributed by atoms with Crippen molar-refractivity contribution >= 4 is 23.4 Å². The second-order valence-corrected chi connectivity index (χ2v) is 4.29. The van der Waals surface area contributed by atoms with Crippen LogP contribution in [-0.4, -0.2) is 17.9 Å². The zero-order valence-corrected chi connectivity index (χ0v) is 12.0. The quantitative estimate of drug-likeness (QED) is 0.392. The third kappa shape index (κ3) is 3.95. The maximum atomic E-state index is 12.1. The number of methoxy groups -OCH3 is 1. The molecule has 0 aliphatic carbocycles. The number of non-ortho nitro benzene ring substituents is 1. The third-order valence-corrected chi connectivity index (χ3v) is 2.77. The van der Waals surface area contributed by atoms with Gasteiger partial charge in [0.1, 0.15) is 17.4 Å². The van der Waals surface area contributed by atoms with Gasteiger partial charge in [-0.05, 0) is 12.1 Å². The van der Waals surface area contributed by atoms with Gasteiger partial charge in [0.2, 0.25) is 0 Å². The molecule has 0 saturated heterocycles. The lowest BCUT2D eigenvalue weighted by Crippen LogP contribution is -2.13. The lowest BCUT2D eigenvalue weighted by molar-refractivity contribution is -0.384. The average molecular weight is 313 g/mol. The van der Waals surface area contributed by atoms with Gasteiger partial charge in [-0.3, -0.25) is 14.9 Å². The summed E-state index contributed by atoms with van der Waals surface area (Å²) in [5, 5.41) is 22.2. The minimum atomic E-state index is -0.705. The van der Waals surface area contributed by atoms with Crippen LogP contribution in [0.25, 0.3) is 6.08 Å². The molecular weight excluding hydrogens is 302 g/mol. The van der Waals surface area contributed by atoms with Gasteiger partial charge in [0.25, 0.3) is 17.5 Å². The van der Waals surface area contributed by atoms with Gasteiger partial charge in [-0.1, -0.05) is 6.07 Å². The monoisotopic (exact) mass is 313 g/mol. The van der Waals surface area contributed by atoms with Crippen molar-refractivity contribution in [1.29, 1.82) is 5.26 Å². The predicted octanol–water partition coefficient (Wildman–Crippen LogP) is 2.74. The Hall–Kier alpha value is -3.60. The third-order valence-electron chi connectivity index (χ3n) is 2.77. The molecule has 1 aromatic heterocycles. The van der Waals surface area contributed by atoms with Crippen LogP contribution < -0.4 is 10.1 Å². The van der Waals surface area contributed by atoms with Crippen LogP contribution in [0.15, 0.2) is 46.4 Å². The van der Waals surface area contributed by atoms with Crippen LogP contribution in [0.2, 0.25) is 0 Å². The van der Waals surface area contributed by atoms with E-state index in [9.17, 15) is 14.9 Å². The van der Waals surface area contributed by atoms with Crippen molar-refractivity contribution in [3.05, 3.63) is 57.8 Å². The molecule has 1 amide bonds. The van der Waals surface area contributed by atoms with Gasteiger partial charge in [0.05, 0.1) is 12.0 Å². The minimum Gasteiger partial charge on any atom is -0.468 e. The van der Waals surface area contributed by atoms with E-state index in [1.54, 1.807) is 12.1 Å². The number of nitriles is 1. The average Bonchev–Trinajstić information content (AvgIpc) is 3.00. The van der Waals surface area contributed by atoms with Gasteiger partial charge in [0.15, 0.2) is 0 Å². The molecule has 0 bridgehead atoms. The first-order valence-corrected chi connectivity index (χ1v) is 6.35. The van der Waals surface area contributed by atoms with E-state index in [4.69, 9.17) is 14.4 Å². The lowest BCUT2D eigenvalue weighted by Gasteiger charge is -2.03. The number of ether oxygens (including phenoxy) is 1. The Morgan fingerprint density at radius 3 is 2.83 bits per heavy atom. The fraction of sp³-hybridized carbons (Fsp3) is 0.0667. The number of nitrogens with zero attached hydrogens (tertiary/aromatic N) is 2. The smallest absolute Gasteiger partial charge is 0.284 e. The number of amides is 1.